The van der Waals surface area contributed by atoms with Crippen LogP contribution in [0.3, 0.4) is 0 Å². The summed E-state index contributed by atoms with van der Waals surface area (Å²) < 4.78 is 5.12. The van der Waals surface area contributed by atoms with Gasteiger partial charge in [-0.05, 0) is 57.3 Å². The average molecular weight is 269 g/mol. The van der Waals surface area contributed by atoms with Gasteiger partial charge in [0.1, 0.15) is 11.6 Å². The number of rotatable bonds is 3. The standard InChI is InChI=1S/C14H23NO4/c1-7-9-5-8(6-10(7)9)11(12(16)17)15-13(18)19-14(2,3)4/h7-11H,5-6H2,1-4H3,(H,15,18)(H,16,17)/t7?,8?,9-,10+,11?. The minimum Gasteiger partial charge on any atom is -0.480 e. The molecule has 0 radical (unpaired) electrons. The highest BCUT2D eigenvalue weighted by molar-refractivity contribution is 5.80. The summed E-state index contributed by atoms with van der Waals surface area (Å²) in [6.45, 7) is 7.49. The Morgan fingerprint density at radius 2 is 1.79 bits per heavy atom. The van der Waals surface area contributed by atoms with Crippen LogP contribution in [0.5, 0.6) is 0 Å². The fraction of sp³-hybridized carbons (Fsp3) is 0.857. The van der Waals surface area contributed by atoms with Crippen LogP contribution in [0.1, 0.15) is 40.5 Å². The molecule has 0 bridgehead atoms. The van der Waals surface area contributed by atoms with E-state index in [-0.39, 0.29) is 5.92 Å². The molecule has 0 aliphatic heterocycles. The predicted octanol–water partition coefficient (Wildman–Crippen LogP) is 2.26. The molecule has 0 aromatic rings. The first-order valence-electron chi connectivity index (χ1n) is 6.91. The van der Waals surface area contributed by atoms with Crippen molar-refractivity contribution in [3.63, 3.8) is 0 Å². The third kappa shape index (κ3) is 3.19. The quantitative estimate of drug-likeness (QED) is 0.824. The van der Waals surface area contributed by atoms with E-state index in [2.05, 4.69) is 12.2 Å². The SMILES string of the molecule is CC1[C@H]2CC(C(NC(=O)OC(C)(C)C)C(=O)O)C[C@@H]12. The van der Waals surface area contributed by atoms with Crippen molar-refractivity contribution in [3.05, 3.63) is 0 Å². The Morgan fingerprint density at radius 1 is 1.26 bits per heavy atom. The first kappa shape index (κ1) is 14.2. The van der Waals surface area contributed by atoms with E-state index in [1.54, 1.807) is 20.8 Å². The van der Waals surface area contributed by atoms with E-state index in [4.69, 9.17) is 4.74 Å². The van der Waals surface area contributed by atoms with E-state index in [0.29, 0.717) is 11.8 Å². The molecular weight excluding hydrogens is 246 g/mol. The molecule has 0 heterocycles. The number of nitrogens with one attached hydrogen (secondary N) is 1. The summed E-state index contributed by atoms with van der Waals surface area (Å²) in [5.74, 6) is 1.12. The molecule has 0 aromatic heterocycles. The molecule has 1 amide bonds. The first-order valence-corrected chi connectivity index (χ1v) is 6.91. The maximum atomic E-state index is 11.7. The van der Waals surface area contributed by atoms with Gasteiger partial charge in [-0.1, -0.05) is 6.92 Å². The van der Waals surface area contributed by atoms with Gasteiger partial charge in [0.05, 0.1) is 0 Å². The van der Waals surface area contributed by atoms with Gasteiger partial charge in [0.2, 0.25) is 0 Å². The molecule has 19 heavy (non-hydrogen) atoms. The van der Waals surface area contributed by atoms with Crippen molar-refractivity contribution in [3.8, 4) is 0 Å². The van der Waals surface area contributed by atoms with E-state index >= 15 is 0 Å². The highest BCUT2D eigenvalue weighted by Gasteiger charge is 2.55. The van der Waals surface area contributed by atoms with Crippen molar-refractivity contribution < 1.29 is 19.4 Å². The maximum absolute atomic E-state index is 11.7. The molecule has 2 saturated carbocycles. The van der Waals surface area contributed by atoms with Crippen LogP contribution in [0.15, 0.2) is 0 Å². The molecule has 0 spiro atoms. The highest BCUT2D eigenvalue weighted by Crippen LogP contribution is 2.59. The van der Waals surface area contributed by atoms with Gasteiger partial charge in [0.25, 0.3) is 0 Å². The number of fused-ring (bicyclic) bond motifs is 1. The highest BCUT2D eigenvalue weighted by atomic mass is 16.6. The Hall–Kier alpha value is -1.26. The normalized spacial score (nSPS) is 34.3. The summed E-state index contributed by atoms with van der Waals surface area (Å²) in [7, 11) is 0. The number of ether oxygens (including phenoxy) is 1. The van der Waals surface area contributed by atoms with E-state index in [9.17, 15) is 14.7 Å². The van der Waals surface area contributed by atoms with Crippen molar-refractivity contribution in [2.75, 3.05) is 0 Å². The van der Waals surface area contributed by atoms with Crippen molar-refractivity contribution in [1.82, 2.24) is 5.32 Å². The molecule has 2 aliphatic rings. The average Bonchev–Trinajstić information content (AvgIpc) is 2.72. The van der Waals surface area contributed by atoms with Gasteiger partial charge in [-0.2, -0.15) is 0 Å². The molecule has 2 N–H and O–H groups in total. The monoisotopic (exact) mass is 269 g/mol. The largest absolute Gasteiger partial charge is 0.480 e. The molecule has 5 atom stereocenters. The number of carbonyl (C=O) groups excluding carboxylic acids is 1. The molecule has 0 aromatic carbocycles. The number of carbonyl (C=O) groups is 2. The molecule has 3 unspecified atom stereocenters. The van der Waals surface area contributed by atoms with Gasteiger partial charge in [0, 0.05) is 0 Å². The van der Waals surface area contributed by atoms with Gasteiger partial charge >= 0.3 is 12.1 Å². The van der Waals surface area contributed by atoms with Crippen molar-refractivity contribution >= 4 is 12.1 Å². The van der Waals surface area contributed by atoms with Gasteiger partial charge < -0.3 is 15.2 Å². The lowest BCUT2D eigenvalue weighted by atomic mass is 9.92. The summed E-state index contributed by atoms with van der Waals surface area (Å²) >= 11 is 0. The van der Waals surface area contributed by atoms with Crippen molar-refractivity contribution in [2.24, 2.45) is 23.7 Å². The maximum Gasteiger partial charge on any atom is 0.408 e. The zero-order valence-corrected chi connectivity index (χ0v) is 12.0. The summed E-state index contributed by atoms with van der Waals surface area (Å²) in [4.78, 5) is 23.0. The lowest BCUT2D eigenvalue weighted by molar-refractivity contribution is -0.141. The summed E-state index contributed by atoms with van der Waals surface area (Å²) in [5, 5.41) is 11.8. The number of carboxylic acid groups (broad SMARTS) is 1. The first-order chi connectivity index (χ1) is 8.69. The fourth-order valence-electron chi connectivity index (χ4n) is 3.30. The second-order valence-electron chi connectivity index (χ2n) is 6.88. The van der Waals surface area contributed by atoms with E-state index < -0.39 is 23.7 Å². The summed E-state index contributed by atoms with van der Waals surface area (Å²) in [6.07, 6.45) is 1.16. The van der Waals surface area contributed by atoms with Crippen molar-refractivity contribution in [2.45, 2.75) is 52.2 Å². The second kappa shape index (κ2) is 4.69. The molecule has 2 rings (SSSR count). The topological polar surface area (TPSA) is 75.6 Å². The number of hydrogen-bond donors (Lipinski definition) is 2. The predicted molar refractivity (Wildman–Crippen MR) is 69.7 cm³/mol. The molecule has 5 heteroatoms. The minimum absolute atomic E-state index is 0.0382. The Bertz CT molecular complexity index is 375. The van der Waals surface area contributed by atoms with Crippen LogP contribution in [-0.4, -0.2) is 28.8 Å². The summed E-state index contributed by atoms with van der Waals surface area (Å²) in [6, 6.07) is -0.824. The number of hydrogen-bond acceptors (Lipinski definition) is 3. The van der Waals surface area contributed by atoms with Crippen LogP contribution < -0.4 is 5.32 Å². The minimum atomic E-state index is -0.968. The van der Waals surface area contributed by atoms with Gasteiger partial charge in [-0.15, -0.1) is 0 Å². The zero-order chi connectivity index (χ0) is 14.4. The van der Waals surface area contributed by atoms with Crippen LogP contribution in [0.25, 0.3) is 0 Å². The van der Waals surface area contributed by atoms with Gasteiger partial charge in [0.15, 0.2) is 0 Å². The second-order valence-corrected chi connectivity index (χ2v) is 6.88. The van der Waals surface area contributed by atoms with Crippen LogP contribution in [0.4, 0.5) is 4.79 Å². The Kier molecular flexibility index (Phi) is 3.49. The molecule has 2 fully saturated rings. The molecule has 108 valence electrons. The fourth-order valence-corrected chi connectivity index (χ4v) is 3.30. The lowest BCUT2D eigenvalue weighted by Gasteiger charge is -2.25. The summed E-state index contributed by atoms with van der Waals surface area (Å²) in [5.41, 5.74) is -0.612. The number of alkyl carbamates (subject to hydrolysis) is 1. The van der Waals surface area contributed by atoms with Gasteiger partial charge in [-0.3, -0.25) is 0 Å². The third-order valence-electron chi connectivity index (χ3n) is 4.32. The molecule has 0 saturated heterocycles. The van der Waals surface area contributed by atoms with E-state index in [1.807, 2.05) is 0 Å². The third-order valence-corrected chi connectivity index (χ3v) is 4.32. The van der Waals surface area contributed by atoms with Gasteiger partial charge in [-0.25, -0.2) is 9.59 Å². The van der Waals surface area contributed by atoms with E-state index in [0.717, 1.165) is 18.8 Å². The van der Waals surface area contributed by atoms with Crippen LogP contribution >= 0.6 is 0 Å². The Labute approximate surface area is 113 Å². The smallest absolute Gasteiger partial charge is 0.408 e. The molecular formula is C14H23NO4. The van der Waals surface area contributed by atoms with Crippen molar-refractivity contribution in [1.29, 1.82) is 0 Å². The lowest BCUT2D eigenvalue weighted by Crippen LogP contribution is -2.47. The Balaban J connectivity index is 1.91. The molecule has 5 nitrogen and oxygen atoms in total. The number of amides is 1. The zero-order valence-electron chi connectivity index (χ0n) is 12.0. The number of aliphatic carboxylic acids is 1. The van der Waals surface area contributed by atoms with Crippen LogP contribution in [0, 0.1) is 23.7 Å². The van der Waals surface area contributed by atoms with E-state index in [1.165, 1.54) is 0 Å². The Morgan fingerprint density at radius 3 is 2.21 bits per heavy atom. The molecule has 2 aliphatic carbocycles. The van der Waals surface area contributed by atoms with Crippen LogP contribution in [-0.2, 0) is 9.53 Å². The van der Waals surface area contributed by atoms with Crippen LogP contribution in [0.2, 0.25) is 0 Å². The number of carboxylic acids is 1.